The van der Waals surface area contributed by atoms with E-state index in [4.69, 9.17) is 0 Å². The number of carboxylic acids is 1. The van der Waals surface area contributed by atoms with Gasteiger partial charge < -0.3 is 20.2 Å². The molecule has 27 heavy (non-hydrogen) atoms. The first-order chi connectivity index (χ1) is 13.0. The van der Waals surface area contributed by atoms with Gasteiger partial charge in [-0.2, -0.15) is 0 Å². The fourth-order valence-corrected chi connectivity index (χ4v) is 4.78. The zero-order chi connectivity index (χ0) is 19.0. The molecule has 3 aliphatic rings. The van der Waals surface area contributed by atoms with Crippen molar-refractivity contribution in [2.45, 2.75) is 38.6 Å². The van der Waals surface area contributed by atoms with Gasteiger partial charge >= 0.3 is 12.0 Å². The molecular formula is C20H25N3O4. The molecule has 0 aromatic heterocycles. The average Bonchev–Trinajstić information content (AvgIpc) is 3.31. The number of anilines is 1. The molecule has 4 rings (SSSR count). The number of amides is 3. The predicted octanol–water partition coefficient (Wildman–Crippen LogP) is 2.53. The van der Waals surface area contributed by atoms with E-state index in [9.17, 15) is 19.5 Å². The highest BCUT2D eigenvalue weighted by Crippen LogP contribution is 2.48. The Morgan fingerprint density at radius 1 is 1.22 bits per heavy atom. The molecule has 2 aliphatic heterocycles. The van der Waals surface area contributed by atoms with Gasteiger partial charge in [0.2, 0.25) is 5.91 Å². The topological polar surface area (TPSA) is 90.0 Å². The molecule has 0 spiro atoms. The molecule has 1 aromatic rings. The van der Waals surface area contributed by atoms with Crippen LogP contribution in [0.15, 0.2) is 24.3 Å². The van der Waals surface area contributed by atoms with E-state index in [0.717, 1.165) is 31.4 Å². The van der Waals surface area contributed by atoms with E-state index in [0.29, 0.717) is 31.6 Å². The number of carbonyl (C=O) groups excluding carboxylic acids is 2. The summed E-state index contributed by atoms with van der Waals surface area (Å²) in [5, 5.41) is 12.5. The highest BCUT2D eigenvalue weighted by atomic mass is 16.4. The number of rotatable bonds is 4. The van der Waals surface area contributed by atoms with Gasteiger partial charge in [-0.1, -0.05) is 18.6 Å². The summed E-state index contributed by atoms with van der Waals surface area (Å²) in [6.45, 7) is 2.20. The van der Waals surface area contributed by atoms with Crippen molar-refractivity contribution in [3.63, 3.8) is 0 Å². The number of aliphatic carboxylic acids is 1. The lowest BCUT2D eigenvalue weighted by atomic mass is 9.81. The maximum absolute atomic E-state index is 12.6. The van der Waals surface area contributed by atoms with Gasteiger partial charge in [-0.3, -0.25) is 9.59 Å². The number of carbonyl (C=O) groups is 3. The fraction of sp³-hybridized carbons (Fsp3) is 0.550. The van der Waals surface area contributed by atoms with E-state index in [1.807, 2.05) is 29.2 Å². The van der Waals surface area contributed by atoms with E-state index < -0.39 is 11.4 Å². The number of hydrogen-bond donors (Lipinski definition) is 2. The van der Waals surface area contributed by atoms with Crippen molar-refractivity contribution in [2.24, 2.45) is 11.3 Å². The molecule has 0 bridgehead atoms. The van der Waals surface area contributed by atoms with Crippen LogP contribution in [0.25, 0.3) is 0 Å². The van der Waals surface area contributed by atoms with Crippen molar-refractivity contribution in [1.82, 2.24) is 9.80 Å². The quantitative estimate of drug-likeness (QED) is 0.851. The average molecular weight is 371 g/mol. The monoisotopic (exact) mass is 371 g/mol. The van der Waals surface area contributed by atoms with Crippen LogP contribution >= 0.6 is 0 Å². The fourth-order valence-electron chi connectivity index (χ4n) is 4.78. The van der Waals surface area contributed by atoms with Crippen molar-refractivity contribution >= 4 is 23.6 Å². The summed E-state index contributed by atoms with van der Waals surface area (Å²) in [6.07, 6.45) is 4.00. The molecule has 7 nitrogen and oxygen atoms in total. The highest BCUT2D eigenvalue weighted by molar-refractivity contribution is 5.90. The third-order valence-corrected chi connectivity index (χ3v) is 6.33. The maximum Gasteiger partial charge on any atom is 0.321 e. The summed E-state index contributed by atoms with van der Waals surface area (Å²) in [7, 11) is 0. The molecule has 2 saturated heterocycles. The van der Waals surface area contributed by atoms with Gasteiger partial charge in [0, 0.05) is 38.3 Å². The first-order valence-corrected chi connectivity index (χ1v) is 9.64. The number of urea groups is 1. The standard InChI is InChI=1S/C20H25N3O4/c24-17-4-2-10-22(17)11-14-5-7-16(8-6-14)21-19(27)23-12-15-3-1-9-20(15,13-23)18(25)26/h5-8,15H,1-4,9-13H2,(H,21,27)(H,25,26)/t15-,20+/m0/s1. The first kappa shape index (κ1) is 17.8. The van der Waals surface area contributed by atoms with Gasteiger partial charge in [0.1, 0.15) is 0 Å². The van der Waals surface area contributed by atoms with Crippen LogP contribution in [-0.4, -0.2) is 52.4 Å². The molecule has 1 saturated carbocycles. The van der Waals surface area contributed by atoms with Gasteiger partial charge in [0.15, 0.2) is 0 Å². The van der Waals surface area contributed by atoms with E-state index in [1.165, 1.54) is 0 Å². The molecule has 0 unspecified atom stereocenters. The summed E-state index contributed by atoms with van der Waals surface area (Å²) in [5.41, 5.74) is 0.949. The SMILES string of the molecule is O=C1CCCN1Cc1ccc(NC(=O)N2C[C@@H]3CCC[C@@]3(C(=O)O)C2)cc1. The second-order valence-electron chi connectivity index (χ2n) is 7.98. The Morgan fingerprint density at radius 3 is 2.63 bits per heavy atom. The summed E-state index contributed by atoms with van der Waals surface area (Å²) >= 11 is 0. The maximum atomic E-state index is 12.6. The third-order valence-electron chi connectivity index (χ3n) is 6.33. The first-order valence-electron chi connectivity index (χ1n) is 9.64. The lowest BCUT2D eigenvalue weighted by Gasteiger charge is -2.23. The normalized spacial score (nSPS) is 27.1. The van der Waals surface area contributed by atoms with E-state index >= 15 is 0 Å². The summed E-state index contributed by atoms with van der Waals surface area (Å²) in [6, 6.07) is 7.25. The molecule has 2 heterocycles. The summed E-state index contributed by atoms with van der Waals surface area (Å²) < 4.78 is 0. The predicted molar refractivity (Wildman–Crippen MR) is 99.1 cm³/mol. The van der Waals surface area contributed by atoms with E-state index in [-0.39, 0.29) is 24.4 Å². The Bertz CT molecular complexity index is 763. The van der Waals surface area contributed by atoms with Crippen LogP contribution in [0, 0.1) is 11.3 Å². The van der Waals surface area contributed by atoms with Crippen molar-refractivity contribution in [1.29, 1.82) is 0 Å². The van der Waals surface area contributed by atoms with E-state index in [2.05, 4.69) is 5.32 Å². The molecule has 3 fully saturated rings. The number of fused-ring (bicyclic) bond motifs is 1. The van der Waals surface area contributed by atoms with Crippen LogP contribution in [-0.2, 0) is 16.1 Å². The Hall–Kier alpha value is -2.57. The van der Waals surface area contributed by atoms with Crippen molar-refractivity contribution in [3.05, 3.63) is 29.8 Å². The second kappa shape index (κ2) is 6.87. The summed E-state index contributed by atoms with van der Waals surface area (Å²) in [4.78, 5) is 39.5. The largest absolute Gasteiger partial charge is 0.481 e. The van der Waals surface area contributed by atoms with Gasteiger partial charge in [-0.15, -0.1) is 0 Å². The van der Waals surface area contributed by atoms with Crippen LogP contribution < -0.4 is 5.32 Å². The molecule has 2 N–H and O–H groups in total. The molecule has 7 heteroatoms. The van der Waals surface area contributed by atoms with Crippen LogP contribution in [0.1, 0.15) is 37.7 Å². The zero-order valence-corrected chi connectivity index (χ0v) is 15.3. The molecule has 2 atom stereocenters. The van der Waals surface area contributed by atoms with Gasteiger partial charge in [0.05, 0.1) is 5.41 Å². The molecule has 1 aromatic carbocycles. The Morgan fingerprint density at radius 2 is 2.00 bits per heavy atom. The lowest BCUT2D eigenvalue weighted by molar-refractivity contribution is -0.149. The van der Waals surface area contributed by atoms with Crippen molar-refractivity contribution in [3.8, 4) is 0 Å². The third kappa shape index (κ3) is 3.26. The number of nitrogens with zero attached hydrogens (tertiary/aromatic N) is 2. The smallest absolute Gasteiger partial charge is 0.321 e. The van der Waals surface area contributed by atoms with Gasteiger partial charge in [-0.25, -0.2) is 4.79 Å². The molecule has 144 valence electrons. The van der Waals surface area contributed by atoms with Crippen LogP contribution in [0.3, 0.4) is 0 Å². The van der Waals surface area contributed by atoms with E-state index in [1.54, 1.807) is 4.90 Å². The van der Waals surface area contributed by atoms with Crippen LogP contribution in [0.4, 0.5) is 10.5 Å². The molecule has 0 radical (unpaired) electrons. The van der Waals surface area contributed by atoms with Crippen molar-refractivity contribution in [2.75, 3.05) is 25.0 Å². The number of benzene rings is 1. The Balaban J connectivity index is 1.36. The minimum atomic E-state index is -0.777. The number of carboxylic acid groups (broad SMARTS) is 1. The highest BCUT2D eigenvalue weighted by Gasteiger charge is 2.55. The van der Waals surface area contributed by atoms with Gasteiger partial charge in [0.25, 0.3) is 0 Å². The van der Waals surface area contributed by atoms with Crippen LogP contribution in [0.5, 0.6) is 0 Å². The number of likely N-dealkylation sites (tertiary alicyclic amines) is 2. The van der Waals surface area contributed by atoms with Crippen molar-refractivity contribution < 1.29 is 19.5 Å². The summed E-state index contributed by atoms with van der Waals surface area (Å²) in [5.74, 6) is -0.526. The zero-order valence-electron chi connectivity index (χ0n) is 15.3. The second-order valence-corrected chi connectivity index (χ2v) is 7.98. The lowest BCUT2D eigenvalue weighted by Crippen LogP contribution is -2.38. The van der Waals surface area contributed by atoms with Gasteiger partial charge in [-0.05, 0) is 42.9 Å². The molecular weight excluding hydrogens is 346 g/mol. The molecule has 1 aliphatic carbocycles. The molecule has 3 amide bonds. The van der Waals surface area contributed by atoms with Crippen LogP contribution in [0.2, 0.25) is 0 Å². The number of nitrogens with one attached hydrogen (secondary N) is 1. The number of hydrogen-bond acceptors (Lipinski definition) is 3. The minimum Gasteiger partial charge on any atom is -0.481 e. The Kier molecular flexibility index (Phi) is 4.53. The Labute approximate surface area is 158 Å². The minimum absolute atomic E-state index is 0.0566.